The minimum Gasteiger partial charge on any atom is -0.389 e. The molecule has 4 atom stereocenters. The Kier molecular flexibility index (Phi) is 1.01. The van der Waals surface area contributed by atoms with E-state index in [9.17, 15) is 15.0 Å². The van der Waals surface area contributed by atoms with Crippen LogP contribution in [0.5, 0.6) is 0 Å². The van der Waals surface area contributed by atoms with Gasteiger partial charge in [0, 0.05) is 5.92 Å². The number of carbonyl (C=O) groups excluding carboxylic acids is 1. The summed E-state index contributed by atoms with van der Waals surface area (Å²) >= 11 is 0. The number of hydrogen-bond acceptors (Lipinski definition) is 3. The van der Waals surface area contributed by atoms with Gasteiger partial charge in [0.15, 0.2) is 0 Å². The van der Waals surface area contributed by atoms with E-state index in [1.54, 1.807) is 0 Å². The highest BCUT2D eigenvalue weighted by molar-refractivity contribution is 5.57. The van der Waals surface area contributed by atoms with E-state index in [2.05, 4.69) is 0 Å². The summed E-state index contributed by atoms with van der Waals surface area (Å²) < 4.78 is 0. The maximum absolute atomic E-state index is 10.3. The smallest absolute Gasteiger partial charge is 0.125 e. The molecular formula is C7H10O3. The van der Waals surface area contributed by atoms with Crippen molar-refractivity contribution in [3.63, 3.8) is 0 Å². The van der Waals surface area contributed by atoms with Crippen LogP contribution in [0, 0.1) is 11.8 Å². The standard InChI is InChI=1S/C7H10O3/c8-3-4-1-5-2-7(5,10)6(4)9/h3-6,9-10H,1-2H2. The number of aliphatic hydroxyl groups excluding tert-OH is 1. The minimum absolute atomic E-state index is 0.192. The average Bonchev–Trinajstić information content (AvgIpc) is 2.51. The topological polar surface area (TPSA) is 57.5 Å². The Hall–Kier alpha value is -0.410. The normalized spacial score (nSPS) is 58.0. The van der Waals surface area contributed by atoms with Gasteiger partial charge in [-0.2, -0.15) is 0 Å². The summed E-state index contributed by atoms with van der Waals surface area (Å²) in [6.07, 6.45) is 1.30. The van der Waals surface area contributed by atoms with Crippen molar-refractivity contribution in [2.75, 3.05) is 0 Å². The fourth-order valence-corrected chi connectivity index (χ4v) is 1.94. The maximum atomic E-state index is 10.3. The number of aliphatic hydroxyl groups is 2. The van der Waals surface area contributed by atoms with Crippen molar-refractivity contribution in [3.8, 4) is 0 Å². The lowest BCUT2D eigenvalue weighted by molar-refractivity contribution is -0.116. The molecule has 2 N–H and O–H groups in total. The summed E-state index contributed by atoms with van der Waals surface area (Å²) in [6.45, 7) is 0. The van der Waals surface area contributed by atoms with Crippen LogP contribution in [0.3, 0.4) is 0 Å². The summed E-state index contributed by atoms with van der Waals surface area (Å²) in [6, 6.07) is 0. The fourth-order valence-electron chi connectivity index (χ4n) is 1.94. The number of hydrogen-bond donors (Lipinski definition) is 2. The van der Waals surface area contributed by atoms with Crippen molar-refractivity contribution in [1.29, 1.82) is 0 Å². The first-order valence-corrected chi connectivity index (χ1v) is 3.54. The minimum atomic E-state index is -0.883. The van der Waals surface area contributed by atoms with Gasteiger partial charge < -0.3 is 15.0 Å². The zero-order valence-electron chi connectivity index (χ0n) is 5.53. The van der Waals surface area contributed by atoms with Crippen LogP contribution in [0.4, 0.5) is 0 Å². The fraction of sp³-hybridized carbons (Fsp3) is 0.857. The van der Waals surface area contributed by atoms with Gasteiger partial charge in [-0.15, -0.1) is 0 Å². The van der Waals surface area contributed by atoms with Crippen molar-refractivity contribution in [2.45, 2.75) is 24.5 Å². The van der Waals surface area contributed by atoms with E-state index in [-0.39, 0.29) is 11.8 Å². The third-order valence-corrected chi connectivity index (χ3v) is 2.77. The molecule has 2 aliphatic carbocycles. The molecule has 0 heterocycles. The molecule has 10 heavy (non-hydrogen) atoms. The molecule has 2 saturated carbocycles. The Bertz CT molecular complexity index is 180. The lowest BCUT2D eigenvalue weighted by Gasteiger charge is -2.14. The molecule has 0 bridgehead atoms. The van der Waals surface area contributed by atoms with Gasteiger partial charge in [0.2, 0.25) is 0 Å². The summed E-state index contributed by atoms with van der Waals surface area (Å²) in [7, 11) is 0. The van der Waals surface area contributed by atoms with E-state index in [1.807, 2.05) is 0 Å². The Morgan fingerprint density at radius 3 is 2.60 bits per heavy atom. The Balaban J connectivity index is 2.16. The SMILES string of the molecule is O=CC1CC2CC2(O)C1O. The molecule has 3 nitrogen and oxygen atoms in total. The van der Waals surface area contributed by atoms with Crippen LogP contribution in [0.1, 0.15) is 12.8 Å². The predicted molar refractivity (Wildman–Crippen MR) is 33.2 cm³/mol. The number of rotatable bonds is 1. The van der Waals surface area contributed by atoms with Crippen LogP contribution < -0.4 is 0 Å². The van der Waals surface area contributed by atoms with E-state index >= 15 is 0 Å². The Morgan fingerprint density at radius 2 is 2.30 bits per heavy atom. The highest BCUT2D eigenvalue weighted by Gasteiger charge is 2.65. The molecular weight excluding hydrogens is 132 g/mol. The summed E-state index contributed by atoms with van der Waals surface area (Å²) in [5, 5.41) is 18.7. The molecule has 2 aliphatic rings. The molecule has 0 amide bonds. The molecule has 0 aromatic heterocycles. The van der Waals surface area contributed by atoms with Crippen molar-refractivity contribution in [1.82, 2.24) is 0 Å². The van der Waals surface area contributed by atoms with Gasteiger partial charge in [-0.25, -0.2) is 0 Å². The van der Waals surface area contributed by atoms with Crippen LogP contribution >= 0.6 is 0 Å². The van der Waals surface area contributed by atoms with E-state index in [0.717, 1.165) is 6.29 Å². The monoisotopic (exact) mass is 142 g/mol. The summed E-state index contributed by atoms with van der Waals surface area (Å²) in [5.74, 6) is -0.124. The van der Waals surface area contributed by atoms with Crippen LogP contribution in [-0.4, -0.2) is 28.2 Å². The van der Waals surface area contributed by atoms with Gasteiger partial charge in [-0.3, -0.25) is 0 Å². The van der Waals surface area contributed by atoms with Crippen LogP contribution in [0.25, 0.3) is 0 Å². The number of fused-ring (bicyclic) bond motifs is 1. The lowest BCUT2D eigenvalue weighted by atomic mass is 10.0. The van der Waals surface area contributed by atoms with Crippen molar-refractivity contribution < 1.29 is 15.0 Å². The van der Waals surface area contributed by atoms with Crippen LogP contribution in [0.15, 0.2) is 0 Å². The highest BCUT2D eigenvalue weighted by Crippen LogP contribution is 2.57. The Morgan fingerprint density at radius 1 is 1.60 bits per heavy atom. The van der Waals surface area contributed by atoms with Crippen molar-refractivity contribution in [3.05, 3.63) is 0 Å². The first-order chi connectivity index (χ1) is 4.68. The first-order valence-electron chi connectivity index (χ1n) is 3.54. The van der Waals surface area contributed by atoms with Gasteiger partial charge in [-0.05, 0) is 18.8 Å². The van der Waals surface area contributed by atoms with E-state index in [0.29, 0.717) is 12.8 Å². The lowest BCUT2D eigenvalue weighted by Crippen LogP contribution is -2.31. The molecule has 2 rings (SSSR count). The van der Waals surface area contributed by atoms with Gasteiger partial charge in [-0.1, -0.05) is 0 Å². The molecule has 0 saturated heterocycles. The summed E-state index contributed by atoms with van der Waals surface area (Å²) in [5.41, 5.74) is -0.883. The van der Waals surface area contributed by atoms with E-state index in [4.69, 9.17) is 0 Å². The third kappa shape index (κ3) is 0.545. The zero-order valence-corrected chi connectivity index (χ0v) is 5.53. The molecule has 0 radical (unpaired) electrons. The molecule has 0 spiro atoms. The molecule has 0 aromatic rings. The van der Waals surface area contributed by atoms with E-state index < -0.39 is 11.7 Å². The number of carbonyl (C=O) groups is 1. The highest BCUT2D eigenvalue weighted by atomic mass is 16.4. The second-order valence-corrected chi connectivity index (χ2v) is 3.37. The third-order valence-electron chi connectivity index (χ3n) is 2.77. The largest absolute Gasteiger partial charge is 0.389 e. The van der Waals surface area contributed by atoms with Gasteiger partial charge in [0.1, 0.15) is 6.29 Å². The van der Waals surface area contributed by atoms with Crippen molar-refractivity contribution >= 4 is 6.29 Å². The zero-order chi connectivity index (χ0) is 7.35. The van der Waals surface area contributed by atoms with Crippen LogP contribution in [-0.2, 0) is 4.79 Å². The first kappa shape index (κ1) is 6.31. The molecule has 0 aromatic carbocycles. The maximum Gasteiger partial charge on any atom is 0.125 e. The van der Waals surface area contributed by atoms with Crippen LogP contribution in [0.2, 0.25) is 0 Å². The molecule has 3 heteroatoms. The quantitative estimate of drug-likeness (QED) is 0.477. The Labute approximate surface area is 58.7 Å². The molecule has 2 fully saturated rings. The van der Waals surface area contributed by atoms with Gasteiger partial charge >= 0.3 is 0 Å². The van der Waals surface area contributed by atoms with Crippen molar-refractivity contribution in [2.24, 2.45) is 11.8 Å². The molecule has 4 unspecified atom stereocenters. The second kappa shape index (κ2) is 1.60. The van der Waals surface area contributed by atoms with Gasteiger partial charge in [0.05, 0.1) is 11.7 Å². The number of aldehydes is 1. The average molecular weight is 142 g/mol. The van der Waals surface area contributed by atoms with Gasteiger partial charge in [0.25, 0.3) is 0 Å². The van der Waals surface area contributed by atoms with E-state index in [1.165, 1.54) is 0 Å². The summed E-state index contributed by atoms with van der Waals surface area (Å²) in [4.78, 5) is 10.3. The molecule has 56 valence electrons. The predicted octanol–water partition coefficient (Wildman–Crippen LogP) is -0.683. The second-order valence-electron chi connectivity index (χ2n) is 3.37. The molecule has 0 aliphatic heterocycles.